The second kappa shape index (κ2) is 6.65. The molecular weight excluding hydrogens is 304 g/mol. The fraction of sp³-hybridized carbons (Fsp3) is 0.444. The van der Waals surface area contributed by atoms with E-state index in [1.165, 1.54) is 5.56 Å². The van der Waals surface area contributed by atoms with Crippen LogP contribution in [0.15, 0.2) is 30.3 Å². The van der Waals surface area contributed by atoms with Crippen molar-refractivity contribution in [2.75, 3.05) is 25.6 Å². The Morgan fingerprint density at radius 2 is 2.04 bits per heavy atom. The first kappa shape index (κ1) is 16.5. The molecule has 1 amide bonds. The highest BCUT2D eigenvalue weighted by Gasteiger charge is 2.36. The van der Waals surface area contributed by atoms with Gasteiger partial charge in [0.05, 0.1) is 18.8 Å². The number of hydrogen-bond acceptors (Lipinski definition) is 4. The molecule has 1 fully saturated rings. The van der Waals surface area contributed by atoms with Crippen LogP contribution in [0.1, 0.15) is 17.7 Å². The number of carbonyl (C=O) groups is 1. The van der Waals surface area contributed by atoms with E-state index < -0.39 is 0 Å². The first-order valence-corrected chi connectivity index (χ1v) is 8.15. The number of aryl methyl sites for hydroxylation is 2. The van der Waals surface area contributed by atoms with Crippen LogP contribution < -0.4 is 9.64 Å². The van der Waals surface area contributed by atoms with E-state index in [2.05, 4.69) is 10.00 Å². The summed E-state index contributed by atoms with van der Waals surface area (Å²) >= 11 is 0. The summed E-state index contributed by atoms with van der Waals surface area (Å²) in [6.45, 7) is 3.41. The molecule has 3 rings (SSSR count). The van der Waals surface area contributed by atoms with Crippen molar-refractivity contribution >= 4 is 11.7 Å². The molecule has 128 valence electrons. The second-order valence-corrected chi connectivity index (χ2v) is 6.33. The smallest absolute Gasteiger partial charge is 0.245 e. The van der Waals surface area contributed by atoms with Crippen molar-refractivity contribution in [1.29, 1.82) is 0 Å². The Kier molecular flexibility index (Phi) is 4.57. The molecule has 1 aliphatic heterocycles. The molecule has 1 saturated heterocycles. The minimum absolute atomic E-state index is 0.0951. The van der Waals surface area contributed by atoms with Gasteiger partial charge in [-0.1, -0.05) is 12.1 Å². The molecule has 24 heavy (non-hydrogen) atoms. The highest BCUT2D eigenvalue weighted by atomic mass is 16.5. The van der Waals surface area contributed by atoms with Gasteiger partial charge in [-0.25, -0.2) is 0 Å². The van der Waals surface area contributed by atoms with Gasteiger partial charge in [0, 0.05) is 26.2 Å². The number of hydrogen-bond donors (Lipinski definition) is 0. The zero-order valence-electron chi connectivity index (χ0n) is 14.7. The van der Waals surface area contributed by atoms with Crippen molar-refractivity contribution in [1.82, 2.24) is 14.7 Å². The van der Waals surface area contributed by atoms with E-state index in [1.54, 1.807) is 11.8 Å². The third-order valence-corrected chi connectivity index (χ3v) is 4.55. The molecule has 6 heteroatoms. The molecule has 0 aliphatic carbocycles. The SMILES string of the molecule is COc1ccc(CN(C)[C@H]2CCN(c3cc(C)nn3C)C2=O)cc1. The maximum Gasteiger partial charge on any atom is 0.245 e. The number of rotatable bonds is 5. The van der Waals surface area contributed by atoms with Gasteiger partial charge in [-0.2, -0.15) is 5.10 Å². The van der Waals surface area contributed by atoms with Crippen molar-refractivity contribution in [2.45, 2.75) is 25.9 Å². The molecule has 0 radical (unpaired) electrons. The fourth-order valence-electron chi connectivity index (χ4n) is 3.28. The monoisotopic (exact) mass is 328 g/mol. The van der Waals surface area contributed by atoms with Crippen LogP contribution in [0.2, 0.25) is 0 Å². The summed E-state index contributed by atoms with van der Waals surface area (Å²) in [7, 11) is 5.54. The van der Waals surface area contributed by atoms with Crippen molar-refractivity contribution < 1.29 is 9.53 Å². The zero-order chi connectivity index (χ0) is 17.3. The minimum atomic E-state index is -0.0951. The zero-order valence-corrected chi connectivity index (χ0v) is 14.7. The van der Waals surface area contributed by atoms with Gasteiger partial charge >= 0.3 is 0 Å². The van der Waals surface area contributed by atoms with Crippen molar-refractivity contribution in [3.05, 3.63) is 41.6 Å². The van der Waals surface area contributed by atoms with Crippen LogP contribution in [0.3, 0.4) is 0 Å². The number of methoxy groups -OCH3 is 1. The number of likely N-dealkylation sites (N-methyl/N-ethyl adjacent to an activating group) is 1. The maximum absolute atomic E-state index is 12.8. The number of carbonyl (C=O) groups excluding carboxylic acids is 1. The summed E-state index contributed by atoms with van der Waals surface area (Å²) in [5, 5.41) is 4.34. The minimum Gasteiger partial charge on any atom is -0.497 e. The average Bonchev–Trinajstić information content (AvgIpc) is 3.09. The van der Waals surface area contributed by atoms with Crippen molar-refractivity contribution in [3.8, 4) is 5.75 Å². The van der Waals surface area contributed by atoms with Crippen molar-refractivity contribution in [2.24, 2.45) is 7.05 Å². The largest absolute Gasteiger partial charge is 0.497 e. The van der Waals surface area contributed by atoms with Gasteiger partial charge in [-0.05, 0) is 38.1 Å². The predicted octanol–water partition coefficient (Wildman–Crippen LogP) is 1.97. The quantitative estimate of drug-likeness (QED) is 0.842. The summed E-state index contributed by atoms with van der Waals surface area (Å²) in [4.78, 5) is 16.8. The van der Waals surface area contributed by atoms with Gasteiger partial charge in [0.1, 0.15) is 11.6 Å². The Hall–Kier alpha value is -2.34. The normalized spacial score (nSPS) is 17.8. The molecule has 1 aromatic heterocycles. The Morgan fingerprint density at radius 1 is 1.33 bits per heavy atom. The molecule has 2 aromatic rings. The number of ether oxygens (including phenoxy) is 1. The lowest BCUT2D eigenvalue weighted by Gasteiger charge is -2.23. The van der Waals surface area contributed by atoms with E-state index >= 15 is 0 Å². The standard InChI is InChI=1S/C18H24N4O2/c1-13-11-17(21(3)19-13)22-10-9-16(18(22)23)20(2)12-14-5-7-15(24-4)8-6-14/h5-8,11,16H,9-10,12H2,1-4H3/t16-/m0/s1. The predicted molar refractivity (Wildman–Crippen MR) is 93.2 cm³/mol. The summed E-state index contributed by atoms with van der Waals surface area (Å²) in [5.41, 5.74) is 2.09. The Bertz CT molecular complexity index is 723. The highest BCUT2D eigenvalue weighted by molar-refractivity contribution is 5.98. The van der Waals surface area contributed by atoms with Crippen LogP contribution in [0, 0.1) is 6.92 Å². The van der Waals surface area contributed by atoms with Crippen LogP contribution in [-0.4, -0.2) is 47.3 Å². The number of anilines is 1. The van der Waals surface area contributed by atoms with Gasteiger partial charge in [0.2, 0.25) is 5.91 Å². The summed E-state index contributed by atoms with van der Waals surface area (Å²) < 4.78 is 6.96. The molecule has 1 atom stereocenters. The summed E-state index contributed by atoms with van der Waals surface area (Å²) in [6, 6.07) is 9.84. The number of aromatic nitrogens is 2. The van der Waals surface area contributed by atoms with Crippen LogP contribution in [-0.2, 0) is 18.4 Å². The topological polar surface area (TPSA) is 50.6 Å². The van der Waals surface area contributed by atoms with E-state index in [-0.39, 0.29) is 11.9 Å². The molecule has 0 bridgehead atoms. The van der Waals surface area contributed by atoms with Crippen molar-refractivity contribution in [3.63, 3.8) is 0 Å². The molecule has 1 aliphatic rings. The third-order valence-electron chi connectivity index (χ3n) is 4.55. The first-order chi connectivity index (χ1) is 11.5. The van der Waals surface area contributed by atoms with E-state index in [4.69, 9.17) is 4.74 Å². The van der Waals surface area contributed by atoms with Crippen LogP contribution >= 0.6 is 0 Å². The highest BCUT2D eigenvalue weighted by Crippen LogP contribution is 2.25. The lowest BCUT2D eigenvalue weighted by atomic mass is 10.1. The molecule has 0 unspecified atom stereocenters. The van der Waals surface area contributed by atoms with E-state index in [9.17, 15) is 4.79 Å². The second-order valence-electron chi connectivity index (χ2n) is 6.33. The molecule has 0 N–H and O–H groups in total. The molecule has 0 saturated carbocycles. The third kappa shape index (κ3) is 3.14. The van der Waals surface area contributed by atoms with Crippen LogP contribution in [0.4, 0.5) is 5.82 Å². The van der Waals surface area contributed by atoms with Gasteiger partial charge in [0.15, 0.2) is 0 Å². The molecule has 1 aromatic carbocycles. The van der Waals surface area contributed by atoms with Gasteiger partial charge in [0.25, 0.3) is 0 Å². The van der Waals surface area contributed by atoms with Gasteiger partial charge in [-0.3, -0.25) is 19.3 Å². The number of benzene rings is 1. The molecular formula is C18H24N4O2. The lowest BCUT2D eigenvalue weighted by Crippen LogP contribution is -2.39. The van der Waals surface area contributed by atoms with Gasteiger partial charge < -0.3 is 4.74 Å². The fourth-order valence-corrected chi connectivity index (χ4v) is 3.28. The summed E-state index contributed by atoms with van der Waals surface area (Å²) in [5.74, 6) is 1.86. The van der Waals surface area contributed by atoms with Gasteiger partial charge in [-0.15, -0.1) is 0 Å². The Morgan fingerprint density at radius 3 is 2.62 bits per heavy atom. The van der Waals surface area contributed by atoms with E-state index in [1.807, 2.05) is 56.3 Å². The van der Waals surface area contributed by atoms with Crippen LogP contribution in [0.5, 0.6) is 5.75 Å². The first-order valence-electron chi connectivity index (χ1n) is 8.15. The maximum atomic E-state index is 12.8. The lowest BCUT2D eigenvalue weighted by molar-refractivity contribution is -0.121. The van der Waals surface area contributed by atoms with E-state index in [0.29, 0.717) is 0 Å². The number of amides is 1. The number of nitrogens with zero attached hydrogens (tertiary/aromatic N) is 4. The van der Waals surface area contributed by atoms with E-state index in [0.717, 1.165) is 36.8 Å². The molecule has 6 nitrogen and oxygen atoms in total. The molecule has 2 heterocycles. The Labute approximate surface area is 142 Å². The van der Waals surface area contributed by atoms with Crippen LogP contribution in [0.25, 0.3) is 0 Å². The summed E-state index contributed by atoms with van der Waals surface area (Å²) in [6.07, 6.45) is 0.829. The molecule has 0 spiro atoms. The average molecular weight is 328 g/mol. The Balaban J connectivity index is 1.68.